The van der Waals surface area contributed by atoms with E-state index in [1.54, 1.807) is 0 Å². The van der Waals surface area contributed by atoms with Crippen molar-refractivity contribution in [3.05, 3.63) is 0 Å². The van der Waals surface area contributed by atoms with E-state index in [0.29, 0.717) is 0 Å². The molecule has 5 heteroatoms. The highest BCUT2D eigenvalue weighted by molar-refractivity contribution is 6.20. The molecule has 4 atom stereocenters. The predicted octanol–water partition coefficient (Wildman–Crippen LogP) is 2.38. The van der Waals surface area contributed by atoms with Crippen LogP contribution >= 0.6 is 11.6 Å². The second-order valence-electron chi connectivity index (χ2n) is 5.63. The molecular weight excluding hydrogens is 268 g/mol. The Bertz CT molecular complexity index is 366. The number of halogens is 1. The first-order valence-corrected chi connectivity index (χ1v) is 7.37. The van der Waals surface area contributed by atoms with Gasteiger partial charge in [0, 0.05) is 5.88 Å². The van der Waals surface area contributed by atoms with Gasteiger partial charge in [0.05, 0.1) is 25.6 Å². The third-order valence-corrected chi connectivity index (χ3v) is 5.45. The summed E-state index contributed by atoms with van der Waals surface area (Å²) in [5.41, 5.74) is -0.900. The van der Waals surface area contributed by atoms with Gasteiger partial charge in [-0.25, -0.2) is 0 Å². The van der Waals surface area contributed by atoms with E-state index < -0.39 is 11.3 Å². The molecule has 4 nitrogen and oxygen atoms in total. The number of esters is 2. The summed E-state index contributed by atoms with van der Waals surface area (Å²) in [5, 5.41) is 0. The Morgan fingerprint density at radius 2 is 1.89 bits per heavy atom. The Kier molecular flexibility index (Phi) is 4.39. The maximum absolute atomic E-state index is 12.4. The molecule has 0 amide bonds. The summed E-state index contributed by atoms with van der Waals surface area (Å²) in [5.74, 6) is -0.689. The Morgan fingerprint density at radius 3 is 2.47 bits per heavy atom. The van der Waals surface area contributed by atoms with E-state index in [-0.39, 0.29) is 29.7 Å². The van der Waals surface area contributed by atoms with Crippen LogP contribution < -0.4 is 0 Å². The fraction of sp³-hybridized carbons (Fsp3) is 0.857. The van der Waals surface area contributed by atoms with Crippen LogP contribution in [-0.4, -0.2) is 32.0 Å². The van der Waals surface area contributed by atoms with Crippen LogP contribution in [0.4, 0.5) is 0 Å². The van der Waals surface area contributed by atoms with Crippen LogP contribution in [-0.2, 0) is 19.1 Å². The van der Waals surface area contributed by atoms with E-state index >= 15 is 0 Å². The number of carbonyl (C=O) groups is 2. The number of alkyl halides is 1. The summed E-state index contributed by atoms with van der Waals surface area (Å²) in [4.78, 5) is 24.6. The van der Waals surface area contributed by atoms with Gasteiger partial charge in [-0.2, -0.15) is 0 Å². The monoisotopic (exact) mass is 288 g/mol. The molecule has 0 aliphatic heterocycles. The lowest BCUT2D eigenvalue weighted by atomic mass is 9.58. The number of methoxy groups -OCH3 is 2. The van der Waals surface area contributed by atoms with Gasteiger partial charge in [0.25, 0.3) is 0 Å². The van der Waals surface area contributed by atoms with Crippen LogP contribution in [0.25, 0.3) is 0 Å². The number of carbonyl (C=O) groups excluding carboxylic acids is 2. The number of ether oxygens (including phenoxy) is 2. The molecule has 0 radical (unpaired) electrons. The predicted molar refractivity (Wildman–Crippen MR) is 70.7 cm³/mol. The Labute approximate surface area is 118 Å². The Morgan fingerprint density at radius 1 is 1.16 bits per heavy atom. The fourth-order valence-electron chi connectivity index (χ4n) is 4.11. The minimum absolute atomic E-state index is 0.125. The van der Waals surface area contributed by atoms with Crippen LogP contribution in [0.2, 0.25) is 0 Å². The fourth-order valence-corrected chi connectivity index (χ4v) is 4.61. The van der Waals surface area contributed by atoms with Crippen LogP contribution in [0.3, 0.4) is 0 Å². The third kappa shape index (κ3) is 2.14. The molecule has 0 aromatic rings. The molecular formula is C14H21ClO4. The minimum atomic E-state index is -0.900. The number of hydrogen-bond donors (Lipinski definition) is 0. The summed E-state index contributed by atoms with van der Waals surface area (Å²) < 4.78 is 9.93. The van der Waals surface area contributed by atoms with Gasteiger partial charge in [-0.1, -0.05) is 6.42 Å². The smallest absolute Gasteiger partial charge is 0.314 e. The van der Waals surface area contributed by atoms with Crippen LogP contribution in [0.1, 0.15) is 32.1 Å². The summed E-state index contributed by atoms with van der Waals surface area (Å²) >= 11 is 6.16. The highest BCUT2D eigenvalue weighted by Crippen LogP contribution is 2.55. The topological polar surface area (TPSA) is 52.6 Å². The van der Waals surface area contributed by atoms with Crippen molar-refractivity contribution in [2.24, 2.45) is 23.2 Å². The van der Waals surface area contributed by atoms with Crippen LogP contribution in [0, 0.1) is 23.2 Å². The highest BCUT2D eigenvalue weighted by atomic mass is 35.5. The molecule has 19 heavy (non-hydrogen) atoms. The van der Waals surface area contributed by atoms with Gasteiger partial charge in [-0.15, -0.1) is 11.6 Å². The molecule has 0 heterocycles. The van der Waals surface area contributed by atoms with Crippen molar-refractivity contribution in [1.29, 1.82) is 0 Å². The molecule has 3 aliphatic rings. The van der Waals surface area contributed by atoms with E-state index in [0.717, 1.165) is 32.1 Å². The number of hydrogen-bond acceptors (Lipinski definition) is 4. The van der Waals surface area contributed by atoms with Gasteiger partial charge >= 0.3 is 11.9 Å². The number of rotatable bonds is 3. The zero-order valence-corrected chi connectivity index (χ0v) is 12.2. The van der Waals surface area contributed by atoms with E-state index in [1.165, 1.54) is 14.2 Å². The van der Waals surface area contributed by atoms with Crippen molar-refractivity contribution in [2.45, 2.75) is 32.1 Å². The van der Waals surface area contributed by atoms with Crippen LogP contribution in [0.15, 0.2) is 0 Å². The zero-order chi connectivity index (χ0) is 14.0. The molecule has 1 unspecified atom stereocenters. The van der Waals surface area contributed by atoms with Crippen LogP contribution in [0.5, 0.6) is 0 Å². The van der Waals surface area contributed by atoms with Crippen molar-refractivity contribution >= 4 is 23.5 Å². The zero-order valence-electron chi connectivity index (χ0n) is 11.5. The average Bonchev–Trinajstić information content (AvgIpc) is 2.77. The molecule has 3 fully saturated rings. The molecule has 2 bridgehead atoms. The standard InChI is InChI=1S/C14H21ClO4/c1-18-12(16)11-9-4-3-5-10(7-6-9)14(11,8-15)13(17)19-2/h9-11H,3-8H2,1-2H3/t9-,10+,11?,14-/m0/s1. The van der Waals surface area contributed by atoms with Gasteiger partial charge in [-0.3, -0.25) is 9.59 Å². The van der Waals surface area contributed by atoms with E-state index in [9.17, 15) is 9.59 Å². The lowest BCUT2D eigenvalue weighted by molar-refractivity contribution is -0.176. The van der Waals surface area contributed by atoms with Gasteiger partial charge in [-0.05, 0) is 37.5 Å². The van der Waals surface area contributed by atoms with E-state index in [2.05, 4.69) is 0 Å². The molecule has 0 N–H and O–H groups in total. The van der Waals surface area contributed by atoms with Crippen molar-refractivity contribution in [3.63, 3.8) is 0 Å². The largest absolute Gasteiger partial charge is 0.469 e. The summed E-state index contributed by atoms with van der Waals surface area (Å²) in [6.45, 7) is 0. The second-order valence-corrected chi connectivity index (χ2v) is 5.90. The quantitative estimate of drug-likeness (QED) is 0.591. The lowest BCUT2D eigenvalue weighted by Crippen LogP contribution is -2.54. The maximum atomic E-state index is 12.4. The van der Waals surface area contributed by atoms with Crippen molar-refractivity contribution in [1.82, 2.24) is 0 Å². The second kappa shape index (κ2) is 5.70. The van der Waals surface area contributed by atoms with E-state index in [4.69, 9.17) is 21.1 Å². The summed E-state index contributed by atoms with van der Waals surface area (Å²) in [7, 11) is 2.74. The molecule has 3 aliphatic carbocycles. The van der Waals surface area contributed by atoms with E-state index in [1.807, 2.05) is 0 Å². The van der Waals surface area contributed by atoms with Gasteiger partial charge in [0.2, 0.25) is 0 Å². The molecule has 0 aromatic carbocycles. The Hall–Kier alpha value is -0.770. The summed E-state index contributed by atoms with van der Waals surface area (Å²) in [6.07, 6.45) is 4.86. The minimum Gasteiger partial charge on any atom is -0.469 e. The summed E-state index contributed by atoms with van der Waals surface area (Å²) in [6, 6.07) is 0. The molecule has 108 valence electrons. The van der Waals surface area contributed by atoms with Gasteiger partial charge in [0.1, 0.15) is 0 Å². The Balaban J connectivity index is 2.49. The van der Waals surface area contributed by atoms with Gasteiger partial charge in [0.15, 0.2) is 0 Å². The first kappa shape index (κ1) is 14.6. The molecule has 3 saturated carbocycles. The van der Waals surface area contributed by atoms with Gasteiger partial charge < -0.3 is 9.47 Å². The average molecular weight is 289 g/mol. The van der Waals surface area contributed by atoms with Crippen molar-refractivity contribution in [3.8, 4) is 0 Å². The van der Waals surface area contributed by atoms with Crippen molar-refractivity contribution < 1.29 is 19.1 Å². The number of fused-ring (bicyclic) bond motifs is 4. The molecule has 0 aromatic heterocycles. The first-order chi connectivity index (χ1) is 9.11. The maximum Gasteiger partial charge on any atom is 0.314 e. The first-order valence-electron chi connectivity index (χ1n) is 6.84. The molecule has 0 saturated heterocycles. The third-order valence-electron chi connectivity index (χ3n) is 5.01. The molecule has 3 rings (SSSR count). The van der Waals surface area contributed by atoms with Crippen molar-refractivity contribution in [2.75, 3.05) is 20.1 Å². The lowest BCUT2D eigenvalue weighted by Gasteiger charge is -2.46. The SMILES string of the molecule is COC(=O)C1[C@H]2CCC[C@H](CC2)[C@]1(CCl)C(=O)OC. The normalized spacial score (nSPS) is 37.5. The molecule has 0 spiro atoms. The highest BCUT2D eigenvalue weighted by Gasteiger charge is 2.60.